The van der Waals surface area contributed by atoms with Gasteiger partial charge in [0.1, 0.15) is 11.5 Å². The Morgan fingerprint density at radius 2 is 1.81 bits per heavy atom. The Morgan fingerprint density at radius 1 is 1.03 bits per heavy atom. The first kappa shape index (κ1) is 20.4. The number of hydrogen-bond acceptors (Lipinski definition) is 5. The van der Waals surface area contributed by atoms with Gasteiger partial charge in [-0.1, -0.05) is 24.3 Å². The molecule has 2 heterocycles. The van der Waals surface area contributed by atoms with Crippen LogP contribution in [0.2, 0.25) is 0 Å². The monoisotopic (exact) mass is 432 g/mol. The lowest BCUT2D eigenvalue weighted by Crippen LogP contribution is -2.12. The van der Waals surface area contributed by atoms with Gasteiger partial charge in [0, 0.05) is 23.4 Å². The molecular formula is C24H17FN2O3S. The SMILES string of the molecule is O=C(C=Cc1cn(-c2ccccc2)nc1-c1cccs1)OCC(=O)c1ccc(F)cc1. The van der Waals surface area contributed by atoms with Crippen molar-refractivity contribution in [3.63, 3.8) is 0 Å². The highest BCUT2D eigenvalue weighted by Gasteiger charge is 2.13. The number of ketones is 1. The predicted molar refractivity (Wildman–Crippen MR) is 118 cm³/mol. The highest BCUT2D eigenvalue weighted by atomic mass is 32.1. The van der Waals surface area contributed by atoms with Crippen molar-refractivity contribution in [2.24, 2.45) is 0 Å². The molecule has 0 bridgehead atoms. The van der Waals surface area contributed by atoms with Gasteiger partial charge in [0.2, 0.25) is 0 Å². The minimum absolute atomic E-state index is 0.280. The fraction of sp³-hybridized carbons (Fsp3) is 0.0417. The van der Waals surface area contributed by atoms with Gasteiger partial charge in [0.15, 0.2) is 12.4 Å². The summed E-state index contributed by atoms with van der Waals surface area (Å²) in [6.07, 6.45) is 4.71. The zero-order valence-corrected chi connectivity index (χ0v) is 17.1. The molecule has 0 radical (unpaired) electrons. The zero-order chi connectivity index (χ0) is 21.6. The topological polar surface area (TPSA) is 61.2 Å². The summed E-state index contributed by atoms with van der Waals surface area (Å²) in [7, 11) is 0. The van der Waals surface area contributed by atoms with E-state index in [1.54, 1.807) is 22.1 Å². The first-order valence-electron chi connectivity index (χ1n) is 9.43. The van der Waals surface area contributed by atoms with E-state index in [-0.39, 0.29) is 5.56 Å². The molecule has 0 aliphatic heterocycles. The maximum absolute atomic E-state index is 13.0. The van der Waals surface area contributed by atoms with E-state index in [1.807, 2.05) is 54.0 Å². The van der Waals surface area contributed by atoms with Gasteiger partial charge in [-0.15, -0.1) is 11.3 Å². The van der Waals surface area contributed by atoms with Crippen LogP contribution < -0.4 is 0 Å². The number of thiophene rings is 1. The molecule has 0 amide bonds. The van der Waals surface area contributed by atoms with Crippen LogP contribution in [0.1, 0.15) is 15.9 Å². The summed E-state index contributed by atoms with van der Waals surface area (Å²) in [6, 6.07) is 18.6. The molecule has 31 heavy (non-hydrogen) atoms. The number of benzene rings is 2. The standard InChI is InChI=1S/C24H17FN2O3S/c25-19-11-8-17(9-12-19)21(28)16-30-23(29)13-10-18-15-27(20-5-2-1-3-6-20)26-24(18)22-7-4-14-31-22/h1-15H,16H2. The summed E-state index contributed by atoms with van der Waals surface area (Å²) in [4.78, 5) is 25.2. The third-order valence-electron chi connectivity index (χ3n) is 4.43. The molecule has 0 aliphatic carbocycles. The van der Waals surface area contributed by atoms with Gasteiger partial charge in [0.05, 0.1) is 10.6 Å². The fourth-order valence-corrected chi connectivity index (χ4v) is 3.62. The fourth-order valence-electron chi connectivity index (χ4n) is 2.89. The van der Waals surface area contributed by atoms with Crippen molar-refractivity contribution in [3.05, 3.63) is 101 Å². The number of esters is 1. The van der Waals surface area contributed by atoms with E-state index in [1.165, 1.54) is 30.3 Å². The maximum Gasteiger partial charge on any atom is 0.331 e. The van der Waals surface area contributed by atoms with Crippen LogP contribution in [0, 0.1) is 5.82 Å². The van der Waals surface area contributed by atoms with Crippen LogP contribution >= 0.6 is 11.3 Å². The number of halogens is 1. The second-order valence-corrected chi connectivity index (χ2v) is 7.51. The number of Topliss-reactive ketones (excluding diaryl/α,β-unsaturated/α-hetero) is 1. The van der Waals surface area contributed by atoms with E-state index < -0.39 is 24.2 Å². The molecule has 0 fully saturated rings. The molecule has 2 aromatic heterocycles. The molecular weight excluding hydrogens is 415 g/mol. The normalized spacial score (nSPS) is 11.0. The van der Waals surface area contributed by atoms with E-state index in [0.29, 0.717) is 0 Å². The van der Waals surface area contributed by atoms with Crippen molar-refractivity contribution >= 4 is 29.2 Å². The highest BCUT2D eigenvalue weighted by Crippen LogP contribution is 2.28. The summed E-state index contributed by atoms with van der Waals surface area (Å²) in [6.45, 7) is -0.421. The van der Waals surface area contributed by atoms with Crippen molar-refractivity contribution in [2.45, 2.75) is 0 Å². The largest absolute Gasteiger partial charge is 0.454 e. The minimum Gasteiger partial charge on any atom is -0.454 e. The Labute approximate surface area is 182 Å². The number of ether oxygens (including phenoxy) is 1. The molecule has 0 unspecified atom stereocenters. The Hall–Kier alpha value is -3.84. The van der Waals surface area contributed by atoms with Crippen molar-refractivity contribution in [1.82, 2.24) is 9.78 Å². The number of rotatable bonds is 7. The third-order valence-corrected chi connectivity index (χ3v) is 5.31. The Balaban J connectivity index is 1.48. The van der Waals surface area contributed by atoms with E-state index in [4.69, 9.17) is 4.74 Å². The number of carbonyl (C=O) groups excluding carboxylic acids is 2. The molecule has 0 N–H and O–H groups in total. The highest BCUT2D eigenvalue weighted by molar-refractivity contribution is 7.13. The molecule has 0 atom stereocenters. The first-order valence-corrected chi connectivity index (χ1v) is 10.3. The average molecular weight is 432 g/mol. The number of para-hydroxylation sites is 1. The van der Waals surface area contributed by atoms with Gasteiger partial charge < -0.3 is 4.74 Å². The van der Waals surface area contributed by atoms with Crippen LogP contribution in [-0.4, -0.2) is 28.1 Å². The van der Waals surface area contributed by atoms with Gasteiger partial charge in [0.25, 0.3) is 0 Å². The number of carbonyl (C=O) groups is 2. The third kappa shape index (κ3) is 5.02. The Kier molecular flexibility index (Phi) is 6.14. The number of hydrogen-bond donors (Lipinski definition) is 0. The summed E-state index contributed by atoms with van der Waals surface area (Å²) < 4.78 is 19.7. The van der Waals surface area contributed by atoms with E-state index in [9.17, 15) is 14.0 Å². The lowest BCUT2D eigenvalue weighted by Gasteiger charge is -2.02. The smallest absolute Gasteiger partial charge is 0.331 e. The predicted octanol–water partition coefficient (Wildman–Crippen LogP) is 5.18. The summed E-state index contributed by atoms with van der Waals surface area (Å²) in [5.41, 5.74) is 2.66. The van der Waals surface area contributed by atoms with Crippen LogP contribution in [0.5, 0.6) is 0 Å². The molecule has 0 spiro atoms. The van der Waals surface area contributed by atoms with Gasteiger partial charge in [-0.2, -0.15) is 5.10 Å². The molecule has 4 rings (SSSR count). The number of nitrogens with zero attached hydrogens (tertiary/aromatic N) is 2. The molecule has 5 nitrogen and oxygen atoms in total. The van der Waals surface area contributed by atoms with Crippen LogP contribution in [-0.2, 0) is 9.53 Å². The summed E-state index contributed by atoms with van der Waals surface area (Å²) >= 11 is 1.55. The molecule has 4 aromatic rings. The molecule has 0 aliphatic rings. The van der Waals surface area contributed by atoms with Crippen LogP contribution in [0.4, 0.5) is 4.39 Å². The molecule has 0 saturated carbocycles. The first-order chi connectivity index (χ1) is 15.1. The lowest BCUT2D eigenvalue weighted by molar-refractivity contribution is -0.136. The van der Waals surface area contributed by atoms with Crippen molar-refractivity contribution in [3.8, 4) is 16.3 Å². The zero-order valence-electron chi connectivity index (χ0n) is 16.3. The lowest BCUT2D eigenvalue weighted by atomic mass is 10.1. The van der Waals surface area contributed by atoms with E-state index >= 15 is 0 Å². The maximum atomic E-state index is 13.0. The quantitative estimate of drug-likeness (QED) is 0.229. The number of aromatic nitrogens is 2. The second kappa shape index (κ2) is 9.32. The van der Waals surface area contributed by atoms with Gasteiger partial charge in [-0.05, 0) is 53.9 Å². The molecule has 0 saturated heterocycles. The van der Waals surface area contributed by atoms with Crippen molar-refractivity contribution in [1.29, 1.82) is 0 Å². The van der Waals surface area contributed by atoms with E-state index in [2.05, 4.69) is 5.10 Å². The van der Waals surface area contributed by atoms with Crippen LogP contribution in [0.3, 0.4) is 0 Å². The summed E-state index contributed by atoms with van der Waals surface area (Å²) in [5, 5.41) is 6.62. The van der Waals surface area contributed by atoms with Crippen LogP contribution in [0.15, 0.2) is 84.4 Å². The Morgan fingerprint density at radius 3 is 2.52 bits per heavy atom. The van der Waals surface area contributed by atoms with Gasteiger partial charge in [-0.25, -0.2) is 13.9 Å². The Bertz CT molecular complexity index is 1210. The summed E-state index contributed by atoms with van der Waals surface area (Å²) in [5.74, 6) is -1.49. The van der Waals surface area contributed by atoms with Crippen LogP contribution in [0.25, 0.3) is 22.3 Å². The minimum atomic E-state index is -0.653. The van der Waals surface area contributed by atoms with E-state index in [0.717, 1.165) is 21.8 Å². The van der Waals surface area contributed by atoms with Gasteiger partial charge >= 0.3 is 5.97 Å². The molecule has 154 valence electrons. The average Bonchev–Trinajstić information content (AvgIpc) is 3.47. The molecule has 7 heteroatoms. The van der Waals surface area contributed by atoms with Gasteiger partial charge in [-0.3, -0.25) is 4.79 Å². The molecule has 2 aromatic carbocycles. The van der Waals surface area contributed by atoms with Crippen molar-refractivity contribution in [2.75, 3.05) is 6.61 Å². The second-order valence-electron chi connectivity index (χ2n) is 6.56. The van der Waals surface area contributed by atoms with Crippen molar-refractivity contribution < 1.29 is 18.7 Å².